The van der Waals surface area contributed by atoms with Gasteiger partial charge in [-0.1, -0.05) is 22.9 Å². The van der Waals surface area contributed by atoms with E-state index < -0.39 is 0 Å². The van der Waals surface area contributed by atoms with Crippen molar-refractivity contribution >= 4 is 60.6 Å². The summed E-state index contributed by atoms with van der Waals surface area (Å²) in [6.45, 7) is 4.48. The van der Waals surface area contributed by atoms with Crippen LogP contribution in [0.2, 0.25) is 5.02 Å². The summed E-state index contributed by atoms with van der Waals surface area (Å²) in [5, 5.41) is 9.70. The van der Waals surface area contributed by atoms with Crippen molar-refractivity contribution in [2.24, 2.45) is 0 Å². The largest absolute Gasteiger partial charge is 0.360 e. The molecular formula is C22H22ClN5S. The number of aromatic nitrogens is 2. The van der Waals surface area contributed by atoms with Crippen LogP contribution in [-0.4, -0.2) is 41.0 Å². The smallest absolute Gasteiger partial charge is 0.183 e. The van der Waals surface area contributed by atoms with E-state index in [4.69, 9.17) is 16.6 Å². The highest BCUT2D eigenvalue weighted by atomic mass is 35.5. The number of benzene rings is 2. The van der Waals surface area contributed by atoms with Gasteiger partial charge in [-0.05, 0) is 68.4 Å². The number of anilines is 3. The molecule has 3 heterocycles. The van der Waals surface area contributed by atoms with E-state index in [0.29, 0.717) is 5.02 Å². The normalized spacial score (nSPS) is 14.7. The predicted molar refractivity (Wildman–Crippen MR) is 124 cm³/mol. The van der Waals surface area contributed by atoms with E-state index in [1.54, 1.807) is 17.5 Å². The van der Waals surface area contributed by atoms with Gasteiger partial charge in [-0.25, -0.2) is 4.98 Å². The van der Waals surface area contributed by atoms with Crippen molar-refractivity contribution in [1.29, 1.82) is 0 Å². The number of thiazole rings is 1. The van der Waals surface area contributed by atoms with Gasteiger partial charge in [-0.15, -0.1) is 0 Å². The van der Waals surface area contributed by atoms with Crippen LogP contribution in [0.4, 0.5) is 16.5 Å². The summed E-state index contributed by atoms with van der Waals surface area (Å²) in [5.41, 5.74) is 3.89. The number of rotatable bonds is 6. The number of halogens is 1. The molecule has 29 heavy (non-hydrogen) atoms. The fraction of sp³-hybridized carbons (Fsp3) is 0.273. The molecule has 2 aromatic heterocycles. The fourth-order valence-corrected chi connectivity index (χ4v) is 4.83. The zero-order valence-electron chi connectivity index (χ0n) is 16.0. The predicted octanol–water partition coefficient (Wildman–Crippen LogP) is 5.75. The number of nitrogens with one attached hydrogen (secondary N) is 2. The van der Waals surface area contributed by atoms with Crippen LogP contribution >= 0.6 is 22.9 Å². The molecule has 0 saturated carbocycles. The molecular weight excluding hydrogens is 402 g/mol. The van der Waals surface area contributed by atoms with E-state index in [9.17, 15) is 0 Å². The molecule has 4 aromatic rings. The zero-order valence-corrected chi connectivity index (χ0v) is 17.6. The average molecular weight is 424 g/mol. The Hall–Kier alpha value is -2.41. The molecule has 5 nitrogen and oxygen atoms in total. The number of hydrogen-bond donors (Lipinski definition) is 2. The molecule has 1 saturated heterocycles. The minimum Gasteiger partial charge on any atom is -0.360 e. The molecule has 148 valence electrons. The first-order chi connectivity index (χ1) is 14.2. The van der Waals surface area contributed by atoms with Gasteiger partial charge < -0.3 is 15.5 Å². The minimum atomic E-state index is 0.691. The molecule has 1 aliphatic rings. The van der Waals surface area contributed by atoms with Gasteiger partial charge in [-0.2, -0.15) is 0 Å². The second kappa shape index (κ2) is 8.14. The fourth-order valence-electron chi connectivity index (χ4n) is 3.79. The van der Waals surface area contributed by atoms with Gasteiger partial charge in [-0.3, -0.25) is 4.98 Å². The first-order valence-corrected chi connectivity index (χ1v) is 11.1. The molecule has 0 spiro atoms. The standard InChI is InChI=1S/C22H22ClN5S/c23-15-3-5-17-18(7-8-24-19(17)13-15)26-16-4-6-21-20(14-16)27-22(29-21)25-9-12-28-10-1-2-11-28/h3-8,13-14H,1-2,9-12H2,(H,24,26)(H,25,27). The quantitative estimate of drug-likeness (QED) is 0.413. The minimum absolute atomic E-state index is 0.691. The Morgan fingerprint density at radius 3 is 2.83 bits per heavy atom. The van der Waals surface area contributed by atoms with Gasteiger partial charge in [0.2, 0.25) is 0 Å². The topological polar surface area (TPSA) is 53.1 Å². The number of likely N-dealkylation sites (tertiary alicyclic amines) is 1. The third-order valence-corrected chi connectivity index (χ3v) is 6.50. The highest BCUT2D eigenvalue weighted by Crippen LogP contribution is 2.31. The molecule has 1 aliphatic heterocycles. The molecule has 7 heteroatoms. The van der Waals surface area contributed by atoms with Gasteiger partial charge >= 0.3 is 0 Å². The van der Waals surface area contributed by atoms with Crippen LogP contribution in [0.1, 0.15) is 12.8 Å². The van der Waals surface area contributed by atoms with Crippen LogP contribution < -0.4 is 10.6 Å². The lowest BCUT2D eigenvalue weighted by Crippen LogP contribution is -2.25. The first kappa shape index (κ1) is 18.6. The molecule has 2 aromatic carbocycles. The summed E-state index contributed by atoms with van der Waals surface area (Å²) < 4.78 is 1.19. The van der Waals surface area contributed by atoms with E-state index in [1.807, 2.05) is 24.3 Å². The summed E-state index contributed by atoms with van der Waals surface area (Å²) in [5.74, 6) is 0. The number of fused-ring (bicyclic) bond motifs is 2. The zero-order chi connectivity index (χ0) is 19.6. The molecule has 0 atom stereocenters. The number of nitrogens with zero attached hydrogens (tertiary/aromatic N) is 3. The van der Waals surface area contributed by atoms with Crippen molar-refractivity contribution < 1.29 is 0 Å². The maximum atomic E-state index is 6.10. The van der Waals surface area contributed by atoms with Gasteiger partial charge in [0.15, 0.2) is 5.13 Å². The number of pyridine rings is 1. The lowest BCUT2D eigenvalue weighted by atomic mass is 10.2. The molecule has 0 unspecified atom stereocenters. The van der Waals surface area contributed by atoms with E-state index >= 15 is 0 Å². The molecule has 0 bridgehead atoms. The summed E-state index contributed by atoms with van der Waals surface area (Å²) in [6, 6.07) is 14.1. The second-order valence-electron chi connectivity index (χ2n) is 7.32. The van der Waals surface area contributed by atoms with Gasteiger partial charge in [0.1, 0.15) is 0 Å². The number of hydrogen-bond acceptors (Lipinski definition) is 6. The highest BCUT2D eigenvalue weighted by Gasteiger charge is 2.11. The van der Waals surface area contributed by atoms with Crippen molar-refractivity contribution in [3.63, 3.8) is 0 Å². The van der Waals surface area contributed by atoms with Crippen LogP contribution in [-0.2, 0) is 0 Å². The van der Waals surface area contributed by atoms with Gasteiger partial charge in [0.25, 0.3) is 0 Å². The molecule has 0 radical (unpaired) electrons. The SMILES string of the molecule is Clc1ccc2c(Nc3ccc4sc(NCCN5CCCC5)nc4c3)ccnc2c1. The maximum Gasteiger partial charge on any atom is 0.183 e. The van der Waals surface area contributed by atoms with Crippen LogP contribution in [0, 0.1) is 0 Å². The Morgan fingerprint density at radius 1 is 1.03 bits per heavy atom. The molecule has 0 amide bonds. The summed E-state index contributed by atoms with van der Waals surface area (Å²) >= 11 is 7.80. The van der Waals surface area contributed by atoms with E-state index in [1.165, 1.54) is 30.6 Å². The molecule has 5 rings (SSSR count). The lowest BCUT2D eigenvalue weighted by molar-refractivity contribution is 0.352. The van der Waals surface area contributed by atoms with E-state index in [-0.39, 0.29) is 0 Å². The second-order valence-corrected chi connectivity index (χ2v) is 8.79. The van der Waals surface area contributed by atoms with Crippen LogP contribution in [0.15, 0.2) is 48.7 Å². The van der Waals surface area contributed by atoms with E-state index in [2.05, 4.69) is 38.7 Å². The van der Waals surface area contributed by atoms with Gasteiger partial charge in [0.05, 0.1) is 15.7 Å². The monoisotopic (exact) mass is 423 g/mol. The summed E-state index contributed by atoms with van der Waals surface area (Å²) in [7, 11) is 0. The molecule has 2 N–H and O–H groups in total. The Morgan fingerprint density at radius 2 is 1.93 bits per heavy atom. The van der Waals surface area contributed by atoms with Crippen molar-refractivity contribution in [1.82, 2.24) is 14.9 Å². The van der Waals surface area contributed by atoms with Crippen molar-refractivity contribution in [3.05, 3.63) is 53.7 Å². The lowest BCUT2D eigenvalue weighted by Gasteiger charge is -2.13. The average Bonchev–Trinajstić information content (AvgIpc) is 3.37. The Balaban J connectivity index is 1.32. The Labute approximate surface area is 178 Å². The van der Waals surface area contributed by atoms with Crippen molar-refractivity contribution in [3.8, 4) is 0 Å². The maximum absolute atomic E-state index is 6.10. The molecule has 1 fully saturated rings. The van der Waals surface area contributed by atoms with Crippen molar-refractivity contribution in [2.45, 2.75) is 12.8 Å². The Bertz CT molecular complexity index is 1150. The Kier molecular flexibility index (Phi) is 5.23. The first-order valence-electron chi connectivity index (χ1n) is 9.93. The summed E-state index contributed by atoms with van der Waals surface area (Å²) in [4.78, 5) is 11.7. The molecule has 0 aliphatic carbocycles. The summed E-state index contributed by atoms with van der Waals surface area (Å²) in [6.07, 6.45) is 4.46. The van der Waals surface area contributed by atoms with Crippen LogP contribution in [0.25, 0.3) is 21.1 Å². The van der Waals surface area contributed by atoms with Crippen LogP contribution in [0.5, 0.6) is 0 Å². The van der Waals surface area contributed by atoms with Gasteiger partial charge in [0, 0.05) is 41.1 Å². The third-order valence-electron chi connectivity index (χ3n) is 5.27. The van der Waals surface area contributed by atoms with Crippen molar-refractivity contribution in [2.75, 3.05) is 36.8 Å². The third kappa shape index (κ3) is 4.15. The highest BCUT2D eigenvalue weighted by molar-refractivity contribution is 7.22. The van der Waals surface area contributed by atoms with E-state index in [0.717, 1.165) is 46.0 Å². The van der Waals surface area contributed by atoms with Crippen LogP contribution in [0.3, 0.4) is 0 Å².